The zero-order valence-corrected chi connectivity index (χ0v) is 12.6. The molecule has 0 aromatic heterocycles. The molecule has 0 spiro atoms. The van der Waals surface area contributed by atoms with E-state index in [0.29, 0.717) is 0 Å². The molecule has 1 aromatic rings. The van der Waals surface area contributed by atoms with Crippen molar-refractivity contribution in [1.29, 1.82) is 0 Å². The number of amides is 1. The molecule has 1 aliphatic heterocycles. The van der Waals surface area contributed by atoms with E-state index < -0.39 is 0 Å². The molecule has 110 valence electrons. The molecule has 0 aliphatic carbocycles. The van der Waals surface area contributed by atoms with E-state index in [1.54, 1.807) is 0 Å². The molecule has 1 heterocycles. The molecule has 0 radical (unpaired) electrons. The molecule has 1 aromatic carbocycles. The first-order valence-electron chi connectivity index (χ1n) is 7.31. The van der Waals surface area contributed by atoms with Crippen LogP contribution in [0.1, 0.15) is 30.4 Å². The van der Waals surface area contributed by atoms with Crippen molar-refractivity contribution in [1.82, 2.24) is 15.5 Å². The van der Waals surface area contributed by atoms with Gasteiger partial charge in [-0.1, -0.05) is 24.3 Å². The van der Waals surface area contributed by atoms with E-state index in [9.17, 15) is 4.79 Å². The van der Waals surface area contributed by atoms with Crippen molar-refractivity contribution in [3.8, 4) is 0 Å². The summed E-state index contributed by atoms with van der Waals surface area (Å²) in [5.74, 6) is 0.0673. The Bertz CT molecular complexity index is 459. The van der Waals surface area contributed by atoms with Gasteiger partial charge < -0.3 is 15.5 Å². The summed E-state index contributed by atoms with van der Waals surface area (Å²) in [6, 6.07) is 8.42. The number of hydrogen-bond acceptors (Lipinski definition) is 3. The lowest BCUT2D eigenvalue weighted by molar-refractivity contribution is -0.123. The number of fused-ring (bicyclic) bond motifs is 1. The predicted octanol–water partition coefficient (Wildman–Crippen LogP) is 1.33. The molecule has 0 fully saturated rings. The third kappa shape index (κ3) is 3.81. The van der Waals surface area contributed by atoms with E-state index in [1.165, 1.54) is 11.1 Å². The lowest BCUT2D eigenvalue weighted by atomic mass is 9.90. The van der Waals surface area contributed by atoms with Crippen molar-refractivity contribution >= 4 is 5.91 Å². The molecule has 2 N–H and O–H groups in total. The fourth-order valence-electron chi connectivity index (χ4n) is 2.60. The fraction of sp³-hybridized carbons (Fsp3) is 0.562. The monoisotopic (exact) mass is 275 g/mol. The Hall–Kier alpha value is -1.39. The molecule has 1 aliphatic rings. The molecule has 20 heavy (non-hydrogen) atoms. The van der Waals surface area contributed by atoms with E-state index >= 15 is 0 Å². The molecule has 4 heteroatoms. The van der Waals surface area contributed by atoms with E-state index in [4.69, 9.17) is 0 Å². The maximum Gasteiger partial charge on any atom is 0.229 e. The molecular weight excluding hydrogens is 250 g/mol. The van der Waals surface area contributed by atoms with Crippen LogP contribution in [0.2, 0.25) is 0 Å². The van der Waals surface area contributed by atoms with Crippen molar-refractivity contribution in [3.05, 3.63) is 35.4 Å². The first-order chi connectivity index (χ1) is 9.58. The maximum atomic E-state index is 12.5. The Labute approximate surface area is 121 Å². The van der Waals surface area contributed by atoms with Gasteiger partial charge in [0.05, 0.1) is 5.92 Å². The maximum absolute atomic E-state index is 12.5. The van der Waals surface area contributed by atoms with Crippen LogP contribution in [0.25, 0.3) is 0 Å². The van der Waals surface area contributed by atoms with Gasteiger partial charge in [-0.15, -0.1) is 0 Å². The molecule has 1 amide bonds. The second-order valence-electron chi connectivity index (χ2n) is 5.88. The number of rotatable bonds is 5. The van der Waals surface area contributed by atoms with Crippen LogP contribution in [0.4, 0.5) is 0 Å². The fourth-order valence-corrected chi connectivity index (χ4v) is 2.60. The number of hydrogen-bond donors (Lipinski definition) is 2. The third-order valence-electron chi connectivity index (χ3n) is 3.81. The van der Waals surface area contributed by atoms with E-state index in [0.717, 1.165) is 26.1 Å². The van der Waals surface area contributed by atoms with Crippen LogP contribution in [-0.2, 0) is 11.3 Å². The summed E-state index contributed by atoms with van der Waals surface area (Å²) < 4.78 is 0. The Morgan fingerprint density at radius 3 is 2.95 bits per heavy atom. The first kappa shape index (κ1) is 15.0. The largest absolute Gasteiger partial charge is 0.353 e. The lowest BCUT2D eigenvalue weighted by Gasteiger charge is -2.27. The van der Waals surface area contributed by atoms with Crippen LogP contribution in [0.5, 0.6) is 0 Å². The summed E-state index contributed by atoms with van der Waals surface area (Å²) in [4.78, 5) is 14.6. The van der Waals surface area contributed by atoms with Crippen LogP contribution in [0.3, 0.4) is 0 Å². The van der Waals surface area contributed by atoms with Gasteiger partial charge in [0.1, 0.15) is 0 Å². The highest BCUT2D eigenvalue weighted by Gasteiger charge is 2.26. The highest BCUT2D eigenvalue weighted by molar-refractivity contribution is 5.84. The second kappa shape index (κ2) is 6.86. The molecule has 2 rings (SSSR count). The van der Waals surface area contributed by atoms with Crippen LogP contribution < -0.4 is 10.6 Å². The van der Waals surface area contributed by atoms with Crippen LogP contribution >= 0.6 is 0 Å². The second-order valence-corrected chi connectivity index (χ2v) is 5.88. The molecule has 2 unspecified atom stereocenters. The minimum Gasteiger partial charge on any atom is -0.353 e. The Kier molecular flexibility index (Phi) is 5.15. The molecular formula is C16H25N3O. The smallest absolute Gasteiger partial charge is 0.229 e. The van der Waals surface area contributed by atoms with Crippen molar-refractivity contribution in [2.75, 3.05) is 27.2 Å². The predicted molar refractivity (Wildman–Crippen MR) is 81.7 cm³/mol. The Morgan fingerprint density at radius 2 is 2.20 bits per heavy atom. The van der Waals surface area contributed by atoms with Crippen LogP contribution in [-0.4, -0.2) is 44.0 Å². The molecule has 0 saturated carbocycles. The summed E-state index contributed by atoms with van der Waals surface area (Å²) in [7, 11) is 4.10. The summed E-state index contributed by atoms with van der Waals surface area (Å²) in [6.07, 6.45) is 0.973. The lowest BCUT2D eigenvalue weighted by Crippen LogP contribution is -2.42. The summed E-state index contributed by atoms with van der Waals surface area (Å²) in [5.41, 5.74) is 2.41. The van der Waals surface area contributed by atoms with Crippen molar-refractivity contribution in [2.24, 2.45) is 0 Å². The number of nitrogens with zero attached hydrogens (tertiary/aromatic N) is 1. The SMILES string of the molecule is CC(CCN(C)C)NC(=O)C1CNCc2ccccc21. The van der Waals surface area contributed by atoms with Crippen molar-refractivity contribution < 1.29 is 4.79 Å². The van der Waals surface area contributed by atoms with E-state index in [-0.39, 0.29) is 17.9 Å². The number of benzene rings is 1. The van der Waals surface area contributed by atoms with Gasteiger partial charge in [0.2, 0.25) is 5.91 Å². The average Bonchev–Trinajstić information content (AvgIpc) is 2.44. The number of nitrogens with one attached hydrogen (secondary N) is 2. The number of carbonyl (C=O) groups excluding carboxylic acids is 1. The van der Waals surface area contributed by atoms with Crippen LogP contribution in [0.15, 0.2) is 24.3 Å². The van der Waals surface area contributed by atoms with Crippen LogP contribution in [0, 0.1) is 0 Å². The first-order valence-corrected chi connectivity index (χ1v) is 7.31. The standard InChI is InChI=1S/C16H25N3O/c1-12(8-9-19(2)3)18-16(20)15-11-17-10-13-6-4-5-7-14(13)15/h4-7,12,15,17H,8-11H2,1-3H3,(H,18,20). The van der Waals surface area contributed by atoms with Gasteiger partial charge in [-0.3, -0.25) is 4.79 Å². The Balaban J connectivity index is 1.97. The highest BCUT2D eigenvalue weighted by atomic mass is 16.2. The zero-order valence-electron chi connectivity index (χ0n) is 12.6. The summed E-state index contributed by atoms with van der Waals surface area (Å²) >= 11 is 0. The molecule has 0 saturated heterocycles. The highest BCUT2D eigenvalue weighted by Crippen LogP contribution is 2.23. The topological polar surface area (TPSA) is 44.4 Å². The van der Waals surface area contributed by atoms with E-state index in [1.807, 2.05) is 12.1 Å². The quantitative estimate of drug-likeness (QED) is 0.852. The summed E-state index contributed by atoms with van der Waals surface area (Å²) in [5, 5.41) is 6.47. The minimum absolute atomic E-state index is 0.0678. The third-order valence-corrected chi connectivity index (χ3v) is 3.81. The number of carbonyl (C=O) groups is 1. The Morgan fingerprint density at radius 1 is 1.45 bits per heavy atom. The molecule has 4 nitrogen and oxygen atoms in total. The molecule has 0 bridgehead atoms. The molecule has 2 atom stereocenters. The van der Waals surface area contributed by atoms with E-state index in [2.05, 4.69) is 48.7 Å². The van der Waals surface area contributed by atoms with Crippen molar-refractivity contribution in [3.63, 3.8) is 0 Å². The van der Waals surface area contributed by atoms with Gasteiger partial charge in [0.25, 0.3) is 0 Å². The normalized spacial score (nSPS) is 19.5. The van der Waals surface area contributed by atoms with Gasteiger partial charge in [-0.2, -0.15) is 0 Å². The summed E-state index contributed by atoms with van der Waals surface area (Å²) in [6.45, 7) is 4.64. The van der Waals surface area contributed by atoms with Gasteiger partial charge in [-0.25, -0.2) is 0 Å². The van der Waals surface area contributed by atoms with Gasteiger partial charge in [0.15, 0.2) is 0 Å². The van der Waals surface area contributed by atoms with Crippen molar-refractivity contribution in [2.45, 2.75) is 31.8 Å². The minimum atomic E-state index is -0.0678. The van der Waals surface area contributed by atoms with Gasteiger partial charge >= 0.3 is 0 Å². The van der Waals surface area contributed by atoms with Gasteiger partial charge in [-0.05, 0) is 45.1 Å². The van der Waals surface area contributed by atoms with Gasteiger partial charge in [0, 0.05) is 19.1 Å². The average molecular weight is 275 g/mol. The zero-order chi connectivity index (χ0) is 14.5.